The van der Waals surface area contributed by atoms with Crippen molar-refractivity contribution in [2.75, 3.05) is 0 Å². The third-order valence-electron chi connectivity index (χ3n) is 2.70. The molecule has 0 saturated carbocycles. The highest BCUT2D eigenvalue weighted by Crippen LogP contribution is 2.31. The Morgan fingerprint density at radius 3 is 2.28 bits per heavy atom. The van der Waals surface area contributed by atoms with Crippen molar-refractivity contribution >= 4 is 5.78 Å². The molecule has 4 heteroatoms. The smallest absolute Gasteiger partial charge is 0.196 e. The van der Waals surface area contributed by atoms with Crippen LogP contribution in [0.15, 0.2) is 42.5 Å². The molecule has 0 aliphatic carbocycles. The summed E-state index contributed by atoms with van der Waals surface area (Å²) in [7, 11) is 0. The molecule has 0 amide bonds. The average Bonchev–Trinajstić information content (AvgIpc) is 2.40. The van der Waals surface area contributed by atoms with Gasteiger partial charge in [-0.15, -0.1) is 0 Å². The van der Waals surface area contributed by atoms with Gasteiger partial charge in [0.2, 0.25) is 0 Å². The number of hydrogen-bond acceptors (Lipinski definition) is 4. The maximum Gasteiger partial charge on any atom is 0.196 e. The zero-order valence-corrected chi connectivity index (χ0v) is 9.50. The Bertz CT molecular complexity index is 576. The molecule has 2 aromatic rings. The SMILES string of the molecule is O=C(c1ccccc1)c1ccc(O)c(CO)c1O. The number of aromatic hydroxyl groups is 2. The number of carbonyl (C=O) groups excluding carboxylic acids is 1. The van der Waals surface area contributed by atoms with E-state index in [0.717, 1.165) is 0 Å². The van der Waals surface area contributed by atoms with Gasteiger partial charge in [-0.1, -0.05) is 30.3 Å². The summed E-state index contributed by atoms with van der Waals surface area (Å²) < 4.78 is 0. The molecule has 0 aliphatic heterocycles. The molecule has 18 heavy (non-hydrogen) atoms. The van der Waals surface area contributed by atoms with E-state index in [-0.39, 0.29) is 28.4 Å². The van der Waals surface area contributed by atoms with E-state index >= 15 is 0 Å². The number of phenols is 2. The maximum atomic E-state index is 12.1. The lowest BCUT2D eigenvalue weighted by Gasteiger charge is -2.09. The van der Waals surface area contributed by atoms with Crippen LogP contribution in [0.1, 0.15) is 21.5 Å². The minimum absolute atomic E-state index is 0.0446. The minimum Gasteiger partial charge on any atom is -0.507 e. The van der Waals surface area contributed by atoms with Crippen molar-refractivity contribution in [3.05, 3.63) is 59.2 Å². The second kappa shape index (κ2) is 4.89. The van der Waals surface area contributed by atoms with Crippen LogP contribution in [-0.2, 0) is 6.61 Å². The molecule has 2 aromatic carbocycles. The first-order valence-corrected chi connectivity index (χ1v) is 5.39. The first-order valence-electron chi connectivity index (χ1n) is 5.39. The van der Waals surface area contributed by atoms with Crippen LogP contribution >= 0.6 is 0 Å². The minimum atomic E-state index is -0.534. The number of ketones is 1. The van der Waals surface area contributed by atoms with E-state index in [1.807, 2.05) is 0 Å². The van der Waals surface area contributed by atoms with Crippen LogP contribution in [0.5, 0.6) is 11.5 Å². The summed E-state index contributed by atoms with van der Waals surface area (Å²) in [6, 6.07) is 11.1. The lowest BCUT2D eigenvalue weighted by molar-refractivity contribution is 0.103. The molecule has 0 spiro atoms. The maximum absolute atomic E-state index is 12.1. The summed E-state index contributed by atoms with van der Waals surface area (Å²) >= 11 is 0. The van der Waals surface area contributed by atoms with Gasteiger partial charge in [-0.3, -0.25) is 4.79 Å². The summed E-state index contributed by atoms with van der Waals surface area (Å²) in [4.78, 5) is 12.1. The van der Waals surface area contributed by atoms with Crippen LogP contribution in [-0.4, -0.2) is 21.1 Å². The van der Waals surface area contributed by atoms with E-state index in [4.69, 9.17) is 5.11 Å². The number of benzene rings is 2. The Balaban J connectivity index is 2.50. The lowest BCUT2D eigenvalue weighted by Crippen LogP contribution is -2.03. The molecule has 0 heterocycles. The van der Waals surface area contributed by atoms with Crippen molar-refractivity contribution in [1.82, 2.24) is 0 Å². The fourth-order valence-electron chi connectivity index (χ4n) is 1.71. The summed E-state index contributed by atoms with van der Waals surface area (Å²) in [5.41, 5.74) is 0.446. The second-order valence-electron chi connectivity index (χ2n) is 3.81. The topological polar surface area (TPSA) is 77.8 Å². The van der Waals surface area contributed by atoms with Gasteiger partial charge in [0.1, 0.15) is 11.5 Å². The number of rotatable bonds is 3. The first kappa shape index (κ1) is 12.1. The highest BCUT2D eigenvalue weighted by molar-refractivity contribution is 6.11. The standard InChI is InChI=1S/C14H12O4/c15-8-11-12(16)7-6-10(14(11)18)13(17)9-4-2-1-3-5-9/h1-7,15-16,18H,8H2. The molecule has 0 bridgehead atoms. The zero-order chi connectivity index (χ0) is 13.1. The molecule has 0 radical (unpaired) electrons. The second-order valence-corrected chi connectivity index (χ2v) is 3.81. The number of aliphatic hydroxyl groups excluding tert-OH is 1. The van der Waals surface area contributed by atoms with E-state index in [2.05, 4.69) is 0 Å². The van der Waals surface area contributed by atoms with Crippen LogP contribution in [0.2, 0.25) is 0 Å². The van der Waals surface area contributed by atoms with E-state index in [9.17, 15) is 15.0 Å². The molecule has 0 saturated heterocycles. The van der Waals surface area contributed by atoms with Crippen molar-refractivity contribution < 1.29 is 20.1 Å². The van der Waals surface area contributed by atoms with Gasteiger partial charge in [0.05, 0.1) is 17.7 Å². The first-order chi connectivity index (χ1) is 8.65. The fourth-order valence-corrected chi connectivity index (χ4v) is 1.71. The Morgan fingerprint density at radius 1 is 1.00 bits per heavy atom. The molecule has 0 aromatic heterocycles. The van der Waals surface area contributed by atoms with Crippen molar-refractivity contribution in [2.45, 2.75) is 6.61 Å². The van der Waals surface area contributed by atoms with Crippen molar-refractivity contribution in [3.8, 4) is 11.5 Å². The van der Waals surface area contributed by atoms with E-state index < -0.39 is 6.61 Å². The third kappa shape index (κ3) is 2.06. The Hall–Kier alpha value is -2.33. The monoisotopic (exact) mass is 244 g/mol. The van der Waals surface area contributed by atoms with Crippen LogP contribution < -0.4 is 0 Å². The summed E-state index contributed by atoms with van der Waals surface area (Å²) in [6.45, 7) is -0.534. The van der Waals surface area contributed by atoms with Crippen LogP contribution in [0, 0.1) is 0 Å². The highest BCUT2D eigenvalue weighted by atomic mass is 16.3. The molecule has 92 valence electrons. The molecule has 0 unspecified atom stereocenters. The van der Waals surface area contributed by atoms with E-state index in [1.165, 1.54) is 12.1 Å². The largest absolute Gasteiger partial charge is 0.507 e. The molecule has 4 nitrogen and oxygen atoms in total. The molecule has 3 N–H and O–H groups in total. The lowest BCUT2D eigenvalue weighted by atomic mass is 9.99. The molecular weight excluding hydrogens is 232 g/mol. The van der Waals surface area contributed by atoms with Gasteiger partial charge in [0, 0.05) is 5.56 Å². The van der Waals surface area contributed by atoms with Gasteiger partial charge in [-0.25, -0.2) is 0 Å². The zero-order valence-electron chi connectivity index (χ0n) is 9.50. The van der Waals surface area contributed by atoms with Gasteiger partial charge in [-0.05, 0) is 12.1 Å². The Labute approximate surface area is 104 Å². The summed E-state index contributed by atoms with van der Waals surface area (Å²) in [5, 5.41) is 28.3. The van der Waals surface area contributed by atoms with Gasteiger partial charge in [0.25, 0.3) is 0 Å². The Kier molecular flexibility index (Phi) is 3.30. The summed E-state index contributed by atoms with van der Waals surface area (Å²) in [6.07, 6.45) is 0. The van der Waals surface area contributed by atoms with Gasteiger partial charge >= 0.3 is 0 Å². The normalized spacial score (nSPS) is 10.3. The van der Waals surface area contributed by atoms with Gasteiger partial charge in [0.15, 0.2) is 5.78 Å². The van der Waals surface area contributed by atoms with E-state index in [1.54, 1.807) is 30.3 Å². The van der Waals surface area contributed by atoms with Crippen LogP contribution in [0.3, 0.4) is 0 Å². The molecule has 2 rings (SSSR count). The van der Waals surface area contributed by atoms with Crippen LogP contribution in [0.4, 0.5) is 0 Å². The molecular formula is C14H12O4. The molecule has 0 fully saturated rings. The predicted octanol–water partition coefficient (Wildman–Crippen LogP) is 1.82. The van der Waals surface area contributed by atoms with E-state index in [0.29, 0.717) is 5.56 Å². The number of hydrogen-bond donors (Lipinski definition) is 3. The quantitative estimate of drug-likeness (QED) is 0.720. The number of aliphatic hydroxyl groups is 1. The third-order valence-corrected chi connectivity index (χ3v) is 2.70. The van der Waals surface area contributed by atoms with Crippen LogP contribution in [0.25, 0.3) is 0 Å². The molecule has 0 atom stereocenters. The predicted molar refractivity (Wildman–Crippen MR) is 65.6 cm³/mol. The average molecular weight is 244 g/mol. The summed E-state index contributed by atoms with van der Waals surface area (Å²) in [5.74, 6) is -0.978. The van der Waals surface area contributed by atoms with Gasteiger partial charge < -0.3 is 15.3 Å². The molecule has 0 aliphatic rings. The highest BCUT2D eigenvalue weighted by Gasteiger charge is 2.18. The fraction of sp³-hybridized carbons (Fsp3) is 0.0714. The number of carbonyl (C=O) groups is 1. The van der Waals surface area contributed by atoms with Crippen molar-refractivity contribution in [1.29, 1.82) is 0 Å². The van der Waals surface area contributed by atoms with Gasteiger partial charge in [-0.2, -0.15) is 0 Å². The Morgan fingerprint density at radius 2 is 1.67 bits per heavy atom. The van der Waals surface area contributed by atoms with Crippen molar-refractivity contribution in [3.63, 3.8) is 0 Å². The van der Waals surface area contributed by atoms with Crippen molar-refractivity contribution in [2.24, 2.45) is 0 Å².